The van der Waals surface area contributed by atoms with Crippen LogP contribution in [0.25, 0.3) is 0 Å². The molecule has 38 valence electrons. The summed E-state index contributed by atoms with van der Waals surface area (Å²) in [6.07, 6.45) is 1.67. The molecule has 0 saturated carbocycles. The lowest BCUT2D eigenvalue weighted by atomic mass is 11.2. The molecule has 2 nitrogen and oxygen atoms in total. The van der Waals surface area contributed by atoms with Crippen LogP contribution in [0, 0.1) is 0 Å². The molecule has 0 spiro atoms. The average molecular weight is 209 g/mol. The van der Waals surface area contributed by atoms with Gasteiger partial charge in [-0.3, -0.25) is 0 Å². The molecule has 0 unspecified atom stereocenters. The highest BCUT2D eigenvalue weighted by atomic mass is 127. The molecule has 0 aromatic carbocycles. The van der Waals surface area contributed by atoms with Crippen molar-refractivity contribution in [3.63, 3.8) is 0 Å². The van der Waals surface area contributed by atoms with Crippen molar-refractivity contribution >= 4 is 38.1 Å². The molecule has 7 heavy (non-hydrogen) atoms. The molecular formula is C4H6IN2+. The molecule has 0 saturated heterocycles. The third-order valence-corrected chi connectivity index (χ3v) is 2.73. The Morgan fingerprint density at radius 1 is 1.71 bits per heavy atom. The Balaban J connectivity index is 3.04. The third kappa shape index (κ3) is 1.38. The van der Waals surface area contributed by atoms with Crippen LogP contribution in [0.2, 0.25) is 0 Å². The average Bonchev–Trinajstić information content (AvgIpc) is 1.69. The van der Waals surface area contributed by atoms with Crippen LogP contribution in [-0.4, -0.2) is 19.2 Å². The fraction of sp³-hybridized carbons (Fsp3) is 0. The highest BCUT2D eigenvalue weighted by Crippen LogP contribution is 1.94. The van der Waals surface area contributed by atoms with E-state index >= 15 is 0 Å². The van der Waals surface area contributed by atoms with Crippen LogP contribution >= 0.6 is 18.9 Å². The zero-order valence-electron chi connectivity index (χ0n) is 3.76. The van der Waals surface area contributed by atoms with Crippen LogP contribution in [0.15, 0.2) is 4.99 Å². The van der Waals surface area contributed by atoms with E-state index in [1.807, 2.05) is 8.36 Å². The van der Waals surface area contributed by atoms with E-state index in [0.717, 1.165) is 0 Å². The third-order valence-electron chi connectivity index (χ3n) is 0.534. The molecule has 0 atom stereocenters. The molecule has 0 aromatic heterocycles. The summed E-state index contributed by atoms with van der Waals surface area (Å²) in [7, 11) is 0. The van der Waals surface area contributed by atoms with Crippen LogP contribution in [0.5, 0.6) is 0 Å². The van der Waals surface area contributed by atoms with Crippen LogP contribution in [0.4, 0.5) is 0 Å². The van der Waals surface area contributed by atoms with Gasteiger partial charge in [0.05, 0.1) is 0 Å². The zero-order chi connectivity index (χ0) is 5.11. The van der Waals surface area contributed by atoms with Crippen molar-refractivity contribution in [1.29, 1.82) is 0 Å². The lowest BCUT2D eigenvalue weighted by molar-refractivity contribution is -0.292. The molecule has 1 aliphatic heterocycles. The Kier molecular flexibility index (Phi) is 1.56. The Morgan fingerprint density at radius 2 is 2.57 bits per heavy atom. The number of hydrogen-bond acceptors (Lipinski definition) is 1. The maximum atomic E-state index is 3.87. The number of halogens is 1. The summed E-state index contributed by atoms with van der Waals surface area (Å²) < 4.78 is 7.82. The predicted octanol–water partition coefficient (Wildman–Crippen LogP) is -1.16. The van der Waals surface area contributed by atoms with E-state index in [2.05, 4.69) is 14.5 Å². The highest BCUT2D eigenvalue weighted by Gasteiger charge is 1.81. The molecule has 0 bridgehead atoms. The zero-order valence-corrected chi connectivity index (χ0v) is 5.92. The SMILES string of the molecule is C=I1=CN=C[NH+]=C1. The number of nitrogens with zero attached hydrogens (tertiary/aromatic N) is 1. The lowest BCUT2D eigenvalue weighted by Gasteiger charge is -1.74. The van der Waals surface area contributed by atoms with E-state index in [1.54, 1.807) is 6.34 Å². The Bertz CT molecular complexity index is 184. The summed E-state index contributed by atoms with van der Waals surface area (Å²) in [6.45, 7) is 0. The molecule has 0 amide bonds. The smallest absolute Gasteiger partial charge is 0.246 e. The second kappa shape index (κ2) is 2.20. The van der Waals surface area contributed by atoms with Gasteiger partial charge in [0.2, 0.25) is 0 Å². The maximum absolute atomic E-state index is 3.87. The van der Waals surface area contributed by atoms with Crippen molar-refractivity contribution in [3.05, 3.63) is 0 Å². The predicted molar refractivity (Wildman–Crippen MR) is 42.7 cm³/mol. The first-order valence-electron chi connectivity index (χ1n) is 1.80. The molecule has 0 radical (unpaired) electrons. The molecule has 0 aliphatic carbocycles. The summed E-state index contributed by atoms with van der Waals surface area (Å²) in [5.74, 6) is 0. The van der Waals surface area contributed by atoms with Gasteiger partial charge in [-0.2, -0.15) is 0 Å². The maximum Gasteiger partial charge on any atom is 0.284 e. The van der Waals surface area contributed by atoms with Crippen molar-refractivity contribution in [2.24, 2.45) is 4.99 Å². The van der Waals surface area contributed by atoms with Crippen molar-refractivity contribution in [2.45, 2.75) is 0 Å². The Hall–Kier alpha value is -0.190. The minimum absolute atomic E-state index is 1.05. The fourth-order valence-corrected chi connectivity index (χ4v) is 1.64. The van der Waals surface area contributed by atoms with Gasteiger partial charge < -0.3 is 0 Å². The van der Waals surface area contributed by atoms with Crippen molar-refractivity contribution in [3.8, 4) is 0 Å². The molecule has 1 heterocycles. The summed E-state index contributed by atoms with van der Waals surface area (Å²) in [5, 5.41) is 0. The summed E-state index contributed by atoms with van der Waals surface area (Å²) >= 11 is -1.05. The molecule has 1 rings (SSSR count). The topological polar surface area (TPSA) is 26.3 Å². The van der Waals surface area contributed by atoms with Gasteiger partial charge in [0, 0.05) is 0 Å². The number of aliphatic imine (C=N–C) groups is 1. The van der Waals surface area contributed by atoms with Crippen LogP contribution in [-0.2, 0) is 0 Å². The van der Waals surface area contributed by atoms with E-state index in [0.29, 0.717) is 0 Å². The quantitative estimate of drug-likeness (QED) is 0.487. The van der Waals surface area contributed by atoms with Crippen molar-refractivity contribution in [1.82, 2.24) is 0 Å². The normalized spacial score (nSPS) is 19.4. The second-order valence-electron chi connectivity index (χ2n) is 1.09. The first-order valence-corrected chi connectivity index (χ1v) is 5.81. The van der Waals surface area contributed by atoms with Gasteiger partial charge >= 0.3 is 0 Å². The van der Waals surface area contributed by atoms with Gasteiger partial charge in [0.25, 0.3) is 6.34 Å². The Labute approximate surface area is 48.3 Å². The van der Waals surface area contributed by atoms with Crippen molar-refractivity contribution in [2.75, 3.05) is 0 Å². The molecular weight excluding hydrogens is 203 g/mol. The van der Waals surface area contributed by atoms with Gasteiger partial charge in [-0.15, -0.1) is 0 Å². The van der Waals surface area contributed by atoms with Crippen LogP contribution < -0.4 is 4.99 Å². The number of rotatable bonds is 0. The van der Waals surface area contributed by atoms with E-state index in [1.165, 1.54) is 0 Å². The molecule has 0 aromatic rings. The number of nitrogens with one attached hydrogen (secondary N) is 1. The van der Waals surface area contributed by atoms with Gasteiger partial charge in [-0.05, 0) is 18.9 Å². The standard InChI is InChI=1S/C4H5IN2/c1-5-2-6-4-7-3-5/h2-4H,1H2/p+1. The molecule has 1 N–H and O–H groups in total. The molecule has 1 aliphatic rings. The Morgan fingerprint density at radius 3 is 2.86 bits per heavy atom. The minimum Gasteiger partial charge on any atom is -0.246 e. The van der Waals surface area contributed by atoms with Gasteiger partial charge in [-0.25, -0.2) is 4.99 Å². The van der Waals surface area contributed by atoms with Gasteiger partial charge in [0.1, 0.15) is 4.22 Å². The van der Waals surface area contributed by atoms with Crippen molar-refractivity contribution < 1.29 is 4.99 Å². The van der Waals surface area contributed by atoms with E-state index in [-0.39, 0.29) is 0 Å². The fourth-order valence-electron chi connectivity index (χ4n) is 0.281. The molecule has 3 heteroatoms. The second-order valence-corrected chi connectivity index (χ2v) is 4.75. The van der Waals surface area contributed by atoms with Gasteiger partial charge in [0.15, 0.2) is 4.14 Å². The number of hydrogen-bond donors (Lipinski definition) is 1. The first kappa shape index (κ1) is 4.96. The lowest BCUT2D eigenvalue weighted by Crippen LogP contribution is -2.66. The first-order chi connectivity index (χ1) is 3.39. The van der Waals surface area contributed by atoms with E-state index < -0.39 is 18.9 Å². The summed E-state index contributed by atoms with van der Waals surface area (Å²) in [5.41, 5.74) is 0. The summed E-state index contributed by atoms with van der Waals surface area (Å²) in [4.78, 5) is 6.77. The molecule has 0 fully saturated rings. The minimum atomic E-state index is -1.05. The largest absolute Gasteiger partial charge is 0.284 e. The van der Waals surface area contributed by atoms with Crippen LogP contribution in [0.3, 0.4) is 0 Å². The summed E-state index contributed by atoms with van der Waals surface area (Å²) in [6, 6.07) is 0. The van der Waals surface area contributed by atoms with E-state index in [4.69, 9.17) is 0 Å². The van der Waals surface area contributed by atoms with Crippen LogP contribution in [0.1, 0.15) is 0 Å². The highest BCUT2D eigenvalue weighted by molar-refractivity contribution is 14.2. The van der Waals surface area contributed by atoms with E-state index in [9.17, 15) is 0 Å². The van der Waals surface area contributed by atoms with Gasteiger partial charge in [-0.1, -0.05) is 9.51 Å². The monoisotopic (exact) mass is 209 g/mol.